The summed E-state index contributed by atoms with van der Waals surface area (Å²) in [5.74, 6) is 0.227. The van der Waals surface area contributed by atoms with Gasteiger partial charge in [0, 0.05) is 5.56 Å². The van der Waals surface area contributed by atoms with Crippen LogP contribution < -0.4 is 0 Å². The van der Waals surface area contributed by atoms with Gasteiger partial charge in [0.25, 0.3) is 0 Å². The fraction of sp³-hybridized carbons (Fsp3) is 0.484. The number of fused-ring (bicyclic) bond motifs is 1. The Morgan fingerprint density at radius 1 is 0.912 bits per heavy atom. The molecular formula is C31H37F3. The first-order valence-electron chi connectivity index (χ1n) is 13.0. The van der Waals surface area contributed by atoms with E-state index in [1.807, 2.05) is 25.2 Å². The first-order chi connectivity index (χ1) is 16.5. The van der Waals surface area contributed by atoms with Crippen LogP contribution in [0.3, 0.4) is 0 Å². The molecule has 0 amide bonds. The Morgan fingerprint density at radius 3 is 2.47 bits per heavy atom. The number of hydrogen-bond acceptors (Lipinski definition) is 0. The van der Waals surface area contributed by atoms with E-state index in [4.69, 9.17) is 0 Å². The van der Waals surface area contributed by atoms with Crippen LogP contribution in [-0.4, -0.2) is 0 Å². The summed E-state index contributed by atoms with van der Waals surface area (Å²) >= 11 is 0. The Hall–Kier alpha value is -2.29. The topological polar surface area (TPSA) is 0 Å². The van der Waals surface area contributed by atoms with Gasteiger partial charge in [-0.05, 0) is 111 Å². The van der Waals surface area contributed by atoms with Gasteiger partial charge in [-0.2, -0.15) is 0 Å². The average Bonchev–Trinajstić information content (AvgIpc) is 2.85. The molecule has 0 aromatic heterocycles. The van der Waals surface area contributed by atoms with Crippen molar-refractivity contribution in [2.24, 2.45) is 17.8 Å². The highest BCUT2D eigenvalue weighted by Gasteiger charge is 2.37. The van der Waals surface area contributed by atoms with Crippen LogP contribution in [0.15, 0.2) is 55.1 Å². The molecule has 0 N–H and O–H groups in total. The smallest absolute Gasteiger partial charge is 0.166 e. The standard InChI is InChI=1S/C31H37F3/c1-3-5-7-9-22-12-14-26(20-29(22)32)28-17-16-27(30(33)31(28)34)25-15-13-23-18-21(8-6-4-2)10-11-24(23)19-25/h3-5,12,14,16-17,20-21,23-25H,2,6-11,13,15,18-19H2,1H3/b5-3+. The monoisotopic (exact) mass is 466 g/mol. The van der Waals surface area contributed by atoms with Crippen LogP contribution in [-0.2, 0) is 6.42 Å². The zero-order valence-electron chi connectivity index (χ0n) is 20.3. The molecule has 2 aromatic carbocycles. The number of aryl methyl sites for hydroxylation is 1. The van der Waals surface area contributed by atoms with Crippen LogP contribution in [0.4, 0.5) is 13.2 Å². The predicted molar refractivity (Wildman–Crippen MR) is 135 cm³/mol. The lowest BCUT2D eigenvalue weighted by Crippen LogP contribution is -2.30. The van der Waals surface area contributed by atoms with E-state index in [9.17, 15) is 4.39 Å². The van der Waals surface area contributed by atoms with E-state index in [1.165, 1.54) is 31.7 Å². The van der Waals surface area contributed by atoms with Crippen LogP contribution in [0.1, 0.15) is 81.8 Å². The van der Waals surface area contributed by atoms with E-state index in [0.717, 1.165) is 43.9 Å². The summed E-state index contributed by atoms with van der Waals surface area (Å²) in [6.07, 6.45) is 16.3. The first kappa shape index (κ1) is 24.8. The predicted octanol–water partition coefficient (Wildman–Crippen LogP) is 9.55. The van der Waals surface area contributed by atoms with E-state index < -0.39 is 11.6 Å². The van der Waals surface area contributed by atoms with Crippen molar-refractivity contribution < 1.29 is 13.2 Å². The fourth-order valence-electron chi connectivity index (χ4n) is 6.31. The van der Waals surface area contributed by atoms with Crippen LogP contribution in [0.2, 0.25) is 0 Å². The lowest BCUT2D eigenvalue weighted by molar-refractivity contribution is 0.114. The molecule has 2 aliphatic carbocycles. The van der Waals surface area contributed by atoms with Crippen LogP contribution in [0.5, 0.6) is 0 Å². The minimum atomic E-state index is -0.853. The maximum Gasteiger partial charge on any atom is 0.166 e. The molecule has 0 spiro atoms. The maximum absolute atomic E-state index is 15.3. The zero-order chi connectivity index (χ0) is 24.1. The molecule has 182 valence electrons. The molecule has 0 bridgehead atoms. The van der Waals surface area contributed by atoms with E-state index in [1.54, 1.807) is 24.3 Å². The molecule has 2 fully saturated rings. The van der Waals surface area contributed by atoms with Gasteiger partial charge in [-0.3, -0.25) is 0 Å². The Balaban J connectivity index is 1.46. The molecule has 4 unspecified atom stereocenters. The molecule has 0 nitrogen and oxygen atoms in total. The molecule has 0 heterocycles. The maximum atomic E-state index is 15.3. The van der Waals surface area contributed by atoms with Crippen molar-refractivity contribution in [1.82, 2.24) is 0 Å². The largest absolute Gasteiger partial charge is 0.207 e. The molecular weight excluding hydrogens is 429 g/mol. The number of rotatable bonds is 8. The Bertz CT molecular complexity index is 1020. The van der Waals surface area contributed by atoms with Crippen molar-refractivity contribution >= 4 is 0 Å². The molecule has 34 heavy (non-hydrogen) atoms. The van der Waals surface area contributed by atoms with Crippen molar-refractivity contribution in [3.05, 3.63) is 83.7 Å². The van der Waals surface area contributed by atoms with Crippen molar-refractivity contribution in [2.75, 3.05) is 0 Å². The molecule has 2 saturated carbocycles. The van der Waals surface area contributed by atoms with Gasteiger partial charge < -0.3 is 0 Å². The highest BCUT2D eigenvalue weighted by atomic mass is 19.2. The summed E-state index contributed by atoms with van der Waals surface area (Å²) in [5, 5.41) is 0. The van der Waals surface area contributed by atoms with Gasteiger partial charge in [0.2, 0.25) is 0 Å². The summed E-state index contributed by atoms with van der Waals surface area (Å²) in [6.45, 7) is 5.78. The van der Waals surface area contributed by atoms with Gasteiger partial charge in [-0.15, -0.1) is 6.58 Å². The van der Waals surface area contributed by atoms with E-state index >= 15 is 8.78 Å². The van der Waals surface area contributed by atoms with Crippen molar-refractivity contribution in [3.63, 3.8) is 0 Å². The Morgan fingerprint density at radius 2 is 1.71 bits per heavy atom. The fourth-order valence-corrected chi connectivity index (χ4v) is 6.31. The summed E-state index contributed by atoms with van der Waals surface area (Å²) in [6, 6.07) is 8.10. The van der Waals surface area contributed by atoms with Gasteiger partial charge in [-0.1, -0.05) is 48.9 Å². The van der Waals surface area contributed by atoms with Gasteiger partial charge in [0.05, 0.1) is 0 Å². The van der Waals surface area contributed by atoms with Crippen LogP contribution in [0, 0.1) is 35.2 Å². The minimum absolute atomic E-state index is 0.0697. The van der Waals surface area contributed by atoms with E-state index in [2.05, 4.69) is 6.58 Å². The summed E-state index contributed by atoms with van der Waals surface area (Å²) < 4.78 is 45.0. The highest BCUT2D eigenvalue weighted by Crippen LogP contribution is 2.49. The average molecular weight is 467 g/mol. The third kappa shape index (κ3) is 5.50. The van der Waals surface area contributed by atoms with Gasteiger partial charge in [-0.25, -0.2) is 13.2 Å². The molecule has 0 aliphatic heterocycles. The van der Waals surface area contributed by atoms with Crippen LogP contribution >= 0.6 is 0 Å². The van der Waals surface area contributed by atoms with Crippen molar-refractivity contribution in [3.8, 4) is 11.1 Å². The number of allylic oxidation sites excluding steroid dienone is 3. The second-order valence-electron chi connectivity index (χ2n) is 10.3. The lowest BCUT2D eigenvalue weighted by atomic mass is 9.63. The molecule has 4 rings (SSSR count). The summed E-state index contributed by atoms with van der Waals surface area (Å²) in [7, 11) is 0. The third-order valence-electron chi connectivity index (χ3n) is 8.23. The summed E-state index contributed by atoms with van der Waals surface area (Å²) in [4.78, 5) is 0. The molecule has 2 aromatic rings. The number of benzene rings is 2. The summed E-state index contributed by atoms with van der Waals surface area (Å²) in [5.41, 5.74) is 1.61. The van der Waals surface area contributed by atoms with E-state index in [0.29, 0.717) is 29.0 Å². The number of hydrogen-bond donors (Lipinski definition) is 0. The Labute approximate surface area is 203 Å². The normalized spacial score (nSPS) is 24.8. The van der Waals surface area contributed by atoms with Gasteiger partial charge in [0.15, 0.2) is 11.6 Å². The third-order valence-corrected chi connectivity index (χ3v) is 8.23. The molecule has 3 heteroatoms. The molecule has 0 radical (unpaired) electrons. The highest BCUT2D eigenvalue weighted by molar-refractivity contribution is 5.65. The van der Waals surface area contributed by atoms with Crippen molar-refractivity contribution in [1.29, 1.82) is 0 Å². The molecule has 4 atom stereocenters. The SMILES string of the molecule is C=CCCC1CCC2CC(c3ccc(-c4ccc(CC/C=C/C)c(F)c4)c(F)c3F)CCC2C1. The van der Waals surface area contributed by atoms with Crippen molar-refractivity contribution in [2.45, 2.75) is 77.0 Å². The quantitative estimate of drug-likeness (QED) is 0.340. The Kier molecular flexibility index (Phi) is 8.34. The second kappa shape index (κ2) is 11.4. The van der Waals surface area contributed by atoms with Gasteiger partial charge in [0.1, 0.15) is 5.82 Å². The second-order valence-corrected chi connectivity index (χ2v) is 10.3. The molecule has 2 aliphatic rings. The first-order valence-corrected chi connectivity index (χ1v) is 13.0. The zero-order valence-corrected chi connectivity index (χ0v) is 20.3. The minimum Gasteiger partial charge on any atom is -0.207 e. The van der Waals surface area contributed by atoms with Gasteiger partial charge >= 0.3 is 0 Å². The van der Waals surface area contributed by atoms with E-state index in [-0.39, 0.29) is 17.3 Å². The lowest BCUT2D eigenvalue weighted by Gasteiger charge is -2.42. The number of halogens is 3. The van der Waals surface area contributed by atoms with Crippen LogP contribution in [0.25, 0.3) is 11.1 Å². The molecule has 0 saturated heterocycles.